The fraction of sp³-hybridized carbons (Fsp3) is 0.538. The molecule has 0 aliphatic rings. The summed E-state index contributed by atoms with van der Waals surface area (Å²) in [6.45, 7) is 6.19. The summed E-state index contributed by atoms with van der Waals surface area (Å²) in [5.41, 5.74) is 1.86. The molecular weight excluding hydrogens is 256 g/mol. The normalized spacial score (nSPS) is 12.1. The summed E-state index contributed by atoms with van der Waals surface area (Å²) in [5, 5.41) is 0. The smallest absolute Gasteiger partial charge is 0.207 e. The van der Waals surface area contributed by atoms with Gasteiger partial charge in [-0.25, -0.2) is 8.42 Å². The Kier molecular flexibility index (Phi) is 5.02. The minimum absolute atomic E-state index is 0.237. The molecule has 0 radical (unpaired) electrons. The molecule has 0 N–H and O–H groups in total. The van der Waals surface area contributed by atoms with Gasteiger partial charge < -0.3 is 0 Å². The number of aryl methyl sites for hydroxylation is 1. The molecule has 0 amide bonds. The van der Waals surface area contributed by atoms with Gasteiger partial charge in [0.25, 0.3) is 9.05 Å². The Morgan fingerprint density at radius 2 is 1.94 bits per heavy atom. The Bertz CT molecular complexity index is 478. The highest BCUT2D eigenvalue weighted by atomic mass is 35.7. The quantitative estimate of drug-likeness (QED) is 0.763. The molecule has 0 unspecified atom stereocenters. The largest absolute Gasteiger partial charge is 0.261 e. The molecule has 96 valence electrons. The maximum Gasteiger partial charge on any atom is 0.261 e. The summed E-state index contributed by atoms with van der Waals surface area (Å²) in [4.78, 5) is 0.237. The van der Waals surface area contributed by atoms with Crippen molar-refractivity contribution in [3.8, 4) is 0 Å². The van der Waals surface area contributed by atoms with Crippen LogP contribution in [0.5, 0.6) is 0 Å². The fourth-order valence-electron chi connectivity index (χ4n) is 1.90. The standard InChI is InChI=1S/C13H19ClO2S/c1-10(2)6-4-7-12-8-5-9-13(11(12)3)17(14,15)16/h5,8-10H,4,6-7H2,1-3H3. The molecule has 2 nitrogen and oxygen atoms in total. The van der Waals surface area contributed by atoms with Crippen molar-refractivity contribution in [3.63, 3.8) is 0 Å². The lowest BCUT2D eigenvalue weighted by Crippen LogP contribution is -1.99. The lowest BCUT2D eigenvalue weighted by atomic mass is 9.99. The van der Waals surface area contributed by atoms with E-state index in [1.54, 1.807) is 12.1 Å². The minimum atomic E-state index is -3.63. The Hall–Kier alpha value is -0.540. The lowest BCUT2D eigenvalue weighted by Gasteiger charge is -2.10. The van der Waals surface area contributed by atoms with Crippen LogP contribution in [0.15, 0.2) is 23.1 Å². The molecule has 0 saturated carbocycles. The first kappa shape index (κ1) is 14.5. The van der Waals surface area contributed by atoms with Crippen molar-refractivity contribution in [1.82, 2.24) is 0 Å². The third-order valence-electron chi connectivity index (χ3n) is 2.89. The van der Waals surface area contributed by atoms with Gasteiger partial charge in [-0.3, -0.25) is 0 Å². The predicted molar refractivity (Wildman–Crippen MR) is 72.0 cm³/mol. The highest BCUT2D eigenvalue weighted by molar-refractivity contribution is 8.13. The van der Waals surface area contributed by atoms with Crippen LogP contribution in [0.25, 0.3) is 0 Å². The number of benzene rings is 1. The van der Waals surface area contributed by atoms with Crippen LogP contribution >= 0.6 is 10.7 Å². The summed E-state index contributed by atoms with van der Waals surface area (Å²) in [6.07, 6.45) is 3.13. The van der Waals surface area contributed by atoms with Crippen LogP contribution in [0.2, 0.25) is 0 Å². The first-order chi connectivity index (χ1) is 7.82. The zero-order valence-corrected chi connectivity index (χ0v) is 12.1. The van der Waals surface area contributed by atoms with Gasteiger partial charge in [0, 0.05) is 10.7 Å². The zero-order valence-electron chi connectivity index (χ0n) is 10.5. The fourth-order valence-corrected chi connectivity index (χ4v) is 3.14. The van der Waals surface area contributed by atoms with Crippen molar-refractivity contribution in [1.29, 1.82) is 0 Å². The van der Waals surface area contributed by atoms with Gasteiger partial charge in [-0.2, -0.15) is 0 Å². The van der Waals surface area contributed by atoms with Crippen LogP contribution in [0.3, 0.4) is 0 Å². The Morgan fingerprint density at radius 3 is 2.47 bits per heavy atom. The molecule has 0 fully saturated rings. The van der Waals surface area contributed by atoms with Gasteiger partial charge in [0.15, 0.2) is 0 Å². The van der Waals surface area contributed by atoms with Gasteiger partial charge in [-0.1, -0.05) is 32.4 Å². The average Bonchev–Trinajstić information content (AvgIpc) is 2.18. The van der Waals surface area contributed by atoms with E-state index in [0.717, 1.165) is 30.4 Å². The van der Waals surface area contributed by atoms with Gasteiger partial charge in [0.05, 0.1) is 4.90 Å². The number of hydrogen-bond donors (Lipinski definition) is 0. The number of halogens is 1. The molecule has 17 heavy (non-hydrogen) atoms. The van der Waals surface area contributed by atoms with Crippen LogP contribution < -0.4 is 0 Å². The molecule has 1 aromatic carbocycles. The first-order valence-corrected chi connectivity index (χ1v) is 8.16. The maximum absolute atomic E-state index is 11.4. The Labute approximate surface area is 108 Å². The molecule has 0 heterocycles. The summed E-state index contributed by atoms with van der Waals surface area (Å²) in [6, 6.07) is 5.29. The van der Waals surface area contributed by atoms with Crippen LogP contribution in [-0.2, 0) is 15.5 Å². The van der Waals surface area contributed by atoms with E-state index in [-0.39, 0.29) is 4.90 Å². The van der Waals surface area contributed by atoms with Crippen LogP contribution in [-0.4, -0.2) is 8.42 Å². The van der Waals surface area contributed by atoms with Gasteiger partial charge in [-0.15, -0.1) is 0 Å². The molecule has 0 aliphatic heterocycles. The van der Waals surface area contributed by atoms with Crippen molar-refractivity contribution in [2.45, 2.75) is 44.9 Å². The van der Waals surface area contributed by atoms with Gasteiger partial charge in [-0.05, 0) is 42.9 Å². The minimum Gasteiger partial charge on any atom is -0.207 e. The van der Waals surface area contributed by atoms with Crippen molar-refractivity contribution in [3.05, 3.63) is 29.3 Å². The SMILES string of the molecule is Cc1c(CCCC(C)C)cccc1S(=O)(=O)Cl. The monoisotopic (exact) mass is 274 g/mol. The van der Waals surface area contributed by atoms with E-state index in [0.29, 0.717) is 5.92 Å². The highest BCUT2D eigenvalue weighted by Gasteiger charge is 2.14. The number of hydrogen-bond acceptors (Lipinski definition) is 2. The van der Waals surface area contributed by atoms with Gasteiger partial charge >= 0.3 is 0 Å². The first-order valence-electron chi connectivity index (χ1n) is 5.85. The third-order valence-corrected chi connectivity index (χ3v) is 4.35. The predicted octanol–water partition coefficient (Wildman–Crippen LogP) is 3.90. The highest BCUT2D eigenvalue weighted by Crippen LogP contribution is 2.23. The topological polar surface area (TPSA) is 34.1 Å². The third kappa shape index (κ3) is 4.32. The van der Waals surface area contributed by atoms with E-state index >= 15 is 0 Å². The van der Waals surface area contributed by atoms with Gasteiger partial charge in [0.1, 0.15) is 0 Å². The second-order valence-electron chi connectivity index (χ2n) is 4.76. The van der Waals surface area contributed by atoms with Crippen LogP contribution in [0, 0.1) is 12.8 Å². The molecule has 0 atom stereocenters. The summed E-state index contributed by atoms with van der Waals surface area (Å²) in [5.74, 6) is 0.676. The van der Waals surface area contributed by atoms with E-state index in [9.17, 15) is 8.42 Å². The maximum atomic E-state index is 11.4. The zero-order chi connectivity index (χ0) is 13.1. The average molecular weight is 275 g/mol. The molecule has 4 heteroatoms. The molecule has 0 bridgehead atoms. The molecule has 0 aromatic heterocycles. The Morgan fingerprint density at radius 1 is 1.29 bits per heavy atom. The molecule has 0 spiro atoms. The van der Waals surface area contributed by atoms with E-state index in [2.05, 4.69) is 13.8 Å². The molecular formula is C13H19ClO2S. The number of rotatable bonds is 5. The van der Waals surface area contributed by atoms with Crippen molar-refractivity contribution < 1.29 is 8.42 Å². The van der Waals surface area contributed by atoms with E-state index < -0.39 is 9.05 Å². The summed E-state index contributed by atoms with van der Waals surface area (Å²) >= 11 is 0. The van der Waals surface area contributed by atoms with Crippen molar-refractivity contribution in [2.75, 3.05) is 0 Å². The van der Waals surface area contributed by atoms with E-state index in [4.69, 9.17) is 10.7 Å². The lowest BCUT2D eigenvalue weighted by molar-refractivity contribution is 0.555. The van der Waals surface area contributed by atoms with Crippen LogP contribution in [0.1, 0.15) is 37.8 Å². The van der Waals surface area contributed by atoms with Gasteiger partial charge in [0.2, 0.25) is 0 Å². The van der Waals surface area contributed by atoms with Crippen LogP contribution in [0.4, 0.5) is 0 Å². The molecule has 0 saturated heterocycles. The molecule has 1 rings (SSSR count). The summed E-state index contributed by atoms with van der Waals surface area (Å²) in [7, 11) is 1.77. The van der Waals surface area contributed by atoms with Crippen molar-refractivity contribution >= 4 is 19.7 Å². The second kappa shape index (κ2) is 5.87. The molecule has 1 aromatic rings. The molecule has 0 aliphatic carbocycles. The van der Waals surface area contributed by atoms with E-state index in [1.165, 1.54) is 0 Å². The second-order valence-corrected chi connectivity index (χ2v) is 7.30. The van der Waals surface area contributed by atoms with E-state index in [1.807, 2.05) is 13.0 Å². The van der Waals surface area contributed by atoms with Crippen molar-refractivity contribution in [2.24, 2.45) is 5.92 Å². The summed E-state index contributed by atoms with van der Waals surface area (Å²) < 4.78 is 22.7. The Balaban J connectivity index is 2.88.